The van der Waals surface area contributed by atoms with Crippen LogP contribution >= 0.6 is 0 Å². The SMILES string of the molecule is COCCN(CCO)Cc1nc(N)nc(N)n1. The lowest BCUT2D eigenvalue weighted by Crippen LogP contribution is -2.31. The number of nitrogens with two attached hydrogens (primary N) is 2. The maximum absolute atomic E-state index is 8.94. The fourth-order valence-electron chi connectivity index (χ4n) is 1.36. The minimum absolute atomic E-state index is 0.0553. The summed E-state index contributed by atoms with van der Waals surface area (Å²) in [6.07, 6.45) is 0. The number of methoxy groups -OCH3 is 1. The predicted molar refractivity (Wildman–Crippen MR) is 62.9 cm³/mol. The van der Waals surface area contributed by atoms with Crippen LogP contribution in [-0.2, 0) is 11.3 Å². The highest BCUT2D eigenvalue weighted by molar-refractivity contribution is 5.25. The van der Waals surface area contributed by atoms with Crippen molar-refractivity contribution in [1.29, 1.82) is 0 Å². The third kappa shape index (κ3) is 4.89. The molecule has 17 heavy (non-hydrogen) atoms. The minimum Gasteiger partial charge on any atom is -0.395 e. The fraction of sp³-hybridized carbons (Fsp3) is 0.667. The monoisotopic (exact) mass is 242 g/mol. The molecule has 0 radical (unpaired) electrons. The largest absolute Gasteiger partial charge is 0.395 e. The maximum Gasteiger partial charge on any atom is 0.225 e. The molecule has 0 aliphatic rings. The molecule has 1 aromatic rings. The minimum atomic E-state index is 0.0553. The smallest absolute Gasteiger partial charge is 0.225 e. The molecule has 0 aromatic carbocycles. The standard InChI is InChI=1S/C9H18N6O2/c1-17-5-3-15(2-4-16)6-7-12-8(10)14-9(11)13-7/h16H,2-6H2,1H3,(H4,10,11,12,13,14). The van der Waals surface area contributed by atoms with Crippen molar-refractivity contribution in [3.63, 3.8) is 0 Å². The van der Waals surface area contributed by atoms with Gasteiger partial charge in [0, 0.05) is 20.2 Å². The van der Waals surface area contributed by atoms with E-state index in [1.807, 2.05) is 4.90 Å². The van der Waals surface area contributed by atoms with Gasteiger partial charge in [-0.15, -0.1) is 0 Å². The summed E-state index contributed by atoms with van der Waals surface area (Å²) in [5.74, 6) is 0.686. The third-order valence-electron chi connectivity index (χ3n) is 2.11. The molecule has 1 rings (SSSR count). The lowest BCUT2D eigenvalue weighted by Gasteiger charge is -2.19. The van der Waals surface area contributed by atoms with Crippen LogP contribution < -0.4 is 11.5 Å². The number of aromatic nitrogens is 3. The van der Waals surface area contributed by atoms with E-state index in [0.717, 1.165) is 0 Å². The first kappa shape index (κ1) is 13.6. The Morgan fingerprint density at radius 1 is 1.18 bits per heavy atom. The van der Waals surface area contributed by atoms with E-state index in [2.05, 4.69) is 15.0 Å². The molecular weight excluding hydrogens is 224 g/mol. The van der Waals surface area contributed by atoms with E-state index in [9.17, 15) is 0 Å². The van der Waals surface area contributed by atoms with Crippen LogP contribution in [0.5, 0.6) is 0 Å². The molecule has 5 N–H and O–H groups in total. The fourth-order valence-corrected chi connectivity index (χ4v) is 1.36. The van der Waals surface area contributed by atoms with Gasteiger partial charge >= 0.3 is 0 Å². The van der Waals surface area contributed by atoms with E-state index in [1.54, 1.807) is 7.11 Å². The van der Waals surface area contributed by atoms with E-state index in [-0.39, 0.29) is 18.5 Å². The van der Waals surface area contributed by atoms with Crippen LogP contribution in [0.1, 0.15) is 5.82 Å². The molecule has 0 bridgehead atoms. The molecule has 8 heteroatoms. The Hall–Kier alpha value is -1.51. The third-order valence-corrected chi connectivity index (χ3v) is 2.11. The molecule has 96 valence electrons. The molecule has 1 heterocycles. The van der Waals surface area contributed by atoms with E-state index in [1.165, 1.54) is 0 Å². The molecule has 0 saturated carbocycles. The molecule has 0 amide bonds. The van der Waals surface area contributed by atoms with E-state index < -0.39 is 0 Å². The number of aliphatic hydroxyl groups excluding tert-OH is 1. The molecule has 0 spiro atoms. The summed E-state index contributed by atoms with van der Waals surface area (Å²) in [6, 6.07) is 0. The van der Waals surface area contributed by atoms with E-state index in [4.69, 9.17) is 21.3 Å². The quantitative estimate of drug-likeness (QED) is 0.526. The van der Waals surface area contributed by atoms with Crippen LogP contribution in [0, 0.1) is 0 Å². The highest BCUT2D eigenvalue weighted by atomic mass is 16.5. The Balaban J connectivity index is 2.63. The first-order chi connectivity index (χ1) is 8.15. The summed E-state index contributed by atoms with van der Waals surface area (Å²) in [4.78, 5) is 13.6. The first-order valence-electron chi connectivity index (χ1n) is 5.23. The second-order valence-corrected chi connectivity index (χ2v) is 3.46. The van der Waals surface area contributed by atoms with Gasteiger partial charge in [0.1, 0.15) is 5.82 Å². The van der Waals surface area contributed by atoms with Crippen molar-refractivity contribution in [3.8, 4) is 0 Å². The number of nitrogen functional groups attached to an aromatic ring is 2. The van der Waals surface area contributed by atoms with E-state index in [0.29, 0.717) is 32.1 Å². The summed E-state index contributed by atoms with van der Waals surface area (Å²) in [6.45, 7) is 2.24. The zero-order valence-corrected chi connectivity index (χ0v) is 9.83. The second kappa shape index (κ2) is 6.94. The average molecular weight is 242 g/mol. The van der Waals surface area contributed by atoms with Gasteiger partial charge in [0.15, 0.2) is 0 Å². The molecule has 0 aliphatic heterocycles. The van der Waals surface area contributed by atoms with Gasteiger partial charge in [0.25, 0.3) is 0 Å². The van der Waals surface area contributed by atoms with Gasteiger partial charge in [-0.2, -0.15) is 15.0 Å². The zero-order valence-electron chi connectivity index (χ0n) is 9.83. The van der Waals surface area contributed by atoms with Gasteiger partial charge in [-0.25, -0.2) is 0 Å². The van der Waals surface area contributed by atoms with Crippen molar-refractivity contribution in [3.05, 3.63) is 5.82 Å². The number of nitrogens with zero attached hydrogens (tertiary/aromatic N) is 4. The predicted octanol–water partition coefficient (Wildman–Crippen LogP) is -1.52. The van der Waals surface area contributed by atoms with Crippen LogP contribution in [0.4, 0.5) is 11.9 Å². The number of anilines is 2. The van der Waals surface area contributed by atoms with Gasteiger partial charge in [-0.1, -0.05) is 0 Å². The number of hydrogen-bond acceptors (Lipinski definition) is 8. The second-order valence-electron chi connectivity index (χ2n) is 3.46. The van der Waals surface area contributed by atoms with Crippen LogP contribution in [0.15, 0.2) is 0 Å². The van der Waals surface area contributed by atoms with Gasteiger partial charge < -0.3 is 21.3 Å². The molecule has 0 fully saturated rings. The molecule has 0 atom stereocenters. The van der Waals surface area contributed by atoms with Crippen molar-refractivity contribution in [1.82, 2.24) is 19.9 Å². The van der Waals surface area contributed by atoms with Crippen LogP contribution in [-0.4, -0.2) is 58.4 Å². The summed E-state index contributed by atoms with van der Waals surface area (Å²) in [7, 11) is 1.62. The highest BCUT2D eigenvalue weighted by Crippen LogP contribution is 2.02. The lowest BCUT2D eigenvalue weighted by molar-refractivity contribution is 0.125. The summed E-state index contributed by atoms with van der Waals surface area (Å²) in [5.41, 5.74) is 10.9. The molecular formula is C9H18N6O2. The number of aliphatic hydroxyl groups is 1. The normalized spacial score (nSPS) is 11.0. The summed E-state index contributed by atoms with van der Waals surface area (Å²) < 4.78 is 4.98. The Morgan fingerprint density at radius 3 is 2.35 bits per heavy atom. The Labute approximate surface area is 99.6 Å². The summed E-state index contributed by atoms with van der Waals surface area (Å²) >= 11 is 0. The van der Waals surface area contributed by atoms with Crippen LogP contribution in [0.3, 0.4) is 0 Å². The van der Waals surface area contributed by atoms with Crippen LogP contribution in [0.25, 0.3) is 0 Å². The topological polar surface area (TPSA) is 123 Å². The summed E-state index contributed by atoms with van der Waals surface area (Å²) in [5, 5.41) is 8.94. The Bertz CT molecular complexity index is 328. The van der Waals surface area contributed by atoms with Gasteiger partial charge in [-0.3, -0.25) is 4.90 Å². The van der Waals surface area contributed by atoms with Crippen molar-refractivity contribution in [2.45, 2.75) is 6.54 Å². The Morgan fingerprint density at radius 2 is 1.82 bits per heavy atom. The average Bonchev–Trinajstić information content (AvgIpc) is 2.24. The maximum atomic E-state index is 8.94. The van der Waals surface area contributed by atoms with Gasteiger partial charge in [0.05, 0.1) is 19.8 Å². The number of ether oxygens (including phenoxy) is 1. The van der Waals surface area contributed by atoms with Crippen LogP contribution in [0.2, 0.25) is 0 Å². The zero-order chi connectivity index (χ0) is 12.7. The molecule has 1 aromatic heterocycles. The molecule has 0 unspecified atom stereocenters. The van der Waals surface area contributed by atoms with Crippen molar-refractivity contribution < 1.29 is 9.84 Å². The number of rotatable bonds is 7. The molecule has 0 saturated heterocycles. The lowest BCUT2D eigenvalue weighted by atomic mass is 10.4. The number of hydrogen-bond donors (Lipinski definition) is 3. The van der Waals surface area contributed by atoms with Crippen molar-refractivity contribution in [2.75, 3.05) is 44.9 Å². The van der Waals surface area contributed by atoms with Gasteiger partial charge in [0.2, 0.25) is 11.9 Å². The Kier molecular flexibility index (Phi) is 5.53. The van der Waals surface area contributed by atoms with Crippen molar-refractivity contribution >= 4 is 11.9 Å². The molecule has 0 aliphatic carbocycles. The van der Waals surface area contributed by atoms with E-state index >= 15 is 0 Å². The first-order valence-corrected chi connectivity index (χ1v) is 5.23. The van der Waals surface area contributed by atoms with Crippen molar-refractivity contribution in [2.24, 2.45) is 0 Å². The van der Waals surface area contributed by atoms with Gasteiger partial charge in [-0.05, 0) is 0 Å². The molecule has 8 nitrogen and oxygen atoms in total. The highest BCUT2D eigenvalue weighted by Gasteiger charge is 2.09.